The van der Waals surface area contributed by atoms with Crippen LogP contribution in [0.3, 0.4) is 0 Å². The Morgan fingerprint density at radius 2 is 2.00 bits per heavy atom. The van der Waals surface area contributed by atoms with Crippen LogP contribution in [-0.4, -0.2) is 25.8 Å². The van der Waals surface area contributed by atoms with Gasteiger partial charge in [0.25, 0.3) is 0 Å². The highest BCUT2D eigenvalue weighted by atomic mass is 16.7. The van der Waals surface area contributed by atoms with Gasteiger partial charge in [0.2, 0.25) is 0 Å². The molecule has 1 unspecified atom stereocenters. The van der Waals surface area contributed by atoms with Gasteiger partial charge in [0.15, 0.2) is 23.6 Å². The highest BCUT2D eigenvalue weighted by Gasteiger charge is 2.24. The van der Waals surface area contributed by atoms with Crippen LogP contribution in [0.1, 0.15) is 40.7 Å². The van der Waals surface area contributed by atoms with Crippen molar-refractivity contribution in [1.82, 2.24) is 0 Å². The van der Waals surface area contributed by atoms with Crippen molar-refractivity contribution in [1.29, 1.82) is 0 Å². The van der Waals surface area contributed by atoms with Crippen LogP contribution in [-0.2, 0) is 11.2 Å². The van der Waals surface area contributed by atoms with E-state index in [2.05, 4.69) is 0 Å². The first kappa shape index (κ1) is 16.9. The lowest BCUT2D eigenvalue weighted by Crippen LogP contribution is -2.25. The Bertz CT molecular complexity index is 847. The van der Waals surface area contributed by atoms with Gasteiger partial charge in [-0.05, 0) is 42.2 Å². The SMILES string of the molecule is COc1cc(/C=C2/Cc3ccccc3C2=O)ccc1OC1CCCCO1. The third-order valence-corrected chi connectivity index (χ3v) is 4.86. The van der Waals surface area contributed by atoms with Crippen LogP contribution < -0.4 is 9.47 Å². The van der Waals surface area contributed by atoms with Gasteiger partial charge in [-0.3, -0.25) is 4.79 Å². The molecule has 0 bridgehead atoms. The summed E-state index contributed by atoms with van der Waals surface area (Å²) in [6.45, 7) is 0.736. The van der Waals surface area contributed by atoms with Crippen LogP contribution in [0.4, 0.5) is 0 Å². The van der Waals surface area contributed by atoms with Crippen LogP contribution in [0.5, 0.6) is 11.5 Å². The molecule has 2 aliphatic rings. The zero-order valence-electron chi connectivity index (χ0n) is 14.9. The minimum absolute atomic E-state index is 0.107. The molecule has 4 heteroatoms. The van der Waals surface area contributed by atoms with Gasteiger partial charge in [0.05, 0.1) is 13.7 Å². The Balaban J connectivity index is 1.55. The number of carbonyl (C=O) groups is 1. The molecular weight excluding hydrogens is 328 g/mol. The highest BCUT2D eigenvalue weighted by Crippen LogP contribution is 2.33. The summed E-state index contributed by atoms with van der Waals surface area (Å²) in [5.41, 5.74) is 3.62. The molecular formula is C22H22O4. The molecule has 4 rings (SSSR count). The lowest BCUT2D eigenvalue weighted by atomic mass is 10.1. The molecule has 1 saturated heterocycles. The van der Waals surface area contributed by atoms with E-state index in [1.807, 2.05) is 48.5 Å². The maximum absolute atomic E-state index is 12.5. The summed E-state index contributed by atoms with van der Waals surface area (Å²) >= 11 is 0. The molecule has 1 aliphatic heterocycles. The molecule has 2 aromatic carbocycles. The Labute approximate surface area is 153 Å². The molecule has 1 aliphatic carbocycles. The predicted octanol–water partition coefficient (Wildman–Crippen LogP) is 4.42. The summed E-state index contributed by atoms with van der Waals surface area (Å²) in [5, 5.41) is 0. The van der Waals surface area contributed by atoms with Crippen molar-refractivity contribution in [2.45, 2.75) is 32.0 Å². The zero-order valence-corrected chi connectivity index (χ0v) is 14.9. The van der Waals surface area contributed by atoms with Gasteiger partial charge in [-0.25, -0.2) is 0 Å². The first-order valence-corrected chi connectivity index (χ1v) is 9.04. The molecule has 0 amide bonds. The number of Topliss-reactive ketones (excluding diaryl/α,β-unsaturated/α-hetero) is 1. The Kier molecular flexibility index (Phi) is 4.76. The van der Waals surface area contributed by atoms with Crippen molar-refractivity contribution < 1.29 is 19.0 Å². The fraction of sp³-hybridized carbons (Fsp3) is 0.318. The fourth-order valence-corrected chi connectivity index (χ4v) is 3.49. The van der Waals surface area contributed by atoms with Crippen LogP contribution >= 0.6 is 0 Å². The second-order valence-corrected chi connectivity index (χ2v) is 6.66. The number of hydrogen-bond acceptors (Lipinski definition) is 4. The molecule has 0 spiro atoms. The van der Waals surface area contributed by atoms with Crippen LogP contribution in [0.15, 0.2) is 48.0 Å². The third kappa shape index (κ3) is 3.37. The molecule has 1 atom stereocenters. The highest BCUT2D eigenvalue weighted by molar-refractivity contribution is 6.15. The maximum atomic E-state index is 12.5. The first-order valence-electron chi connectivity index (χ1n) is 9.04. The smallest absolute Gasteiger partial charge is 0.200 e. The number of rotatable bonds is 4. The van der Waals surface area contributed by atoms with Crippen molar-refractivity contribution >= 4 is 11.9 Å². The number of methoxy groups -OCH3 is 1. The molecule has 0 radical (unpaired) electrons. The van der Waals surface area contributed by atoms with Gasteiger partial charge in [-0.1, -0.05) is 30.3 Å². The van der Waals surface area contributed by atoms with E-state index >= 15 is 0 Å². The van der Waals surface area contributed by atoms with E-state index in [9.17, 15) is 4.79 Å². The standard InChI is InChI=1S/C22H22O4/c1-24-20-13-15(9-10-19(20)26-21-8-4-5-11-25-21)12-17-14-16-6-2-3-7-18(16)22(17)23/h2-3,6-7,9-10,12-13,21H,4-5,8,11,14H2,1H3/b17-12-. The molecule has 134 valence electrons. The van der Waals surface area contributed by atoms with Crippen molar-refractivity contribution in [3.63, 3.8) is 0 Å². The minimum Gasteiger partial charge on any atom is -0.493 e. The second kappa shape index (κ2) is 7.34. The van der Waals surface area contributed by atoms with E-state index in [0.29, 0.717) is 17.9 Å². The normalized spacial score (nSPS) is 20.9. The van der Waals surface area contributed by atoms with Gasteiger partial charge in [-0.15, -0.1) is 0 Å². The summed E-state index contributed by atoms with van der Waals surface area (Å²) in [5.74, 6) is 1.43. The number of hydrogen-bond donors (Lipinski definition) is 0. The predicted molar refractivity (Wildman–Crippen MR) is 99.7 cm³/mol. The molecule has 1 heterocycles. The molecule has 1 fully saturated rings. The average molecular weight is 350 g/mol. The summed E-state index contributed by atoms with van der Waals surface area (Å²) in [4.78, 5) is 12.5. The van der Waals surface area contributed by atoms with Gasteiger partial charge >= 0.3 is 0 Å². The molecule has 0 saturated carbocycles. The Morgan fingerprint density at radius 3 is 2.77 bits per heavy atom. The van der Waals surface area contributed by atoms with Crippen molar-refractivity contribution in [3.8, 4) is 11.5 Å². The van der Waals surface area contributed by atoms with Crippen LogP contribution in [0.25, 0.3) is 6.08 Å². The second-order valence-electron chi connectivity index (χ2n) is 6.66. The quantitative estimate of drug-likeness (QED) is 0.766. The van der Waals surface area contributed by atoms with Crippen molar-refractivity contribution in [2.24, 2.45) is 0 Å². The maximum Gasteiger partial charge on any atom is 0.200 e. The van der Waals surface area contributed by atoms with E-state index in [4.69, 9.17) is 14.2 Å². The van der Waals surface area contributed by atoms with E-state index < -0.39 is 0 Å². The van der Waals surface area contributed by atoms with Gasteiger partial charge in [0, 0.05) is 24.0 Å². The Hall–Kier alpha value is -2.59. The van der Waals surface area contributed by atoms with Crippen LogP contribution in [0, 0.1) is 0 Å². The van der Waals surface area contributed by atoms with E-state index in [1.165, 1.54) is 0 Å². The molecule has 4 nitrogen and oxygen atoms in total. The topological polar surface area (TPSA) is 44.8 Å². The number of benzene rings is 2. The minimum atomic E-state index is -0.215. The van der Waals surface area contributed by atoms with Crippen molar-refractivity contribution in [2.75, 3.05) is 13.7 Å². The number of ketones is 1. The van der Waals surface area contributed by atoms with E-state index in [-0.39, 0.29) is 12.1 Å². The third-order valence-electron chi connectivity index (χ3n) is 4.86. The first-order chi connectivity index (χ1) is 12.7. The zero-order chi connectivity index (χ0) is 17.9. The van der Waals surface area contributed by atoms with Gasteiger partial charge in [0.1, 0.15) is 0 Å². The molecule has 2 aromatic rings. The number of ether oxygens (including phenoxy) is 3. The summed E-state index contributed by atoms with van der Waals surface area (Å²) < 4.78 is 17.1. The van der Waals surface area contributed by atoms with E-state index in [1.54, 1.807) is 7.11 Å². The number of fused-ring (bicyclic) bond motifs is 1. The van der Waals surface area contributed by atoms with Gasteiger partial charge in [-0.2, -0.15) is 0 Å². The van der Waals surface area contributed by atoms with Gasteiger partial charge < -0.3 is 14.2 Å². The lowest BCUT2D eigenvalue weighted by molar-refractivity contribution is -0.106. The van der Waals surface area contributed by atoms with Crippen molar-refractivity contribution in [3.05, 3.63) is 64.7 Å². The number of carbonyl (C=O) groups excluding carboxylic acids is 1. The average Bonchev–Trinajstić information content (AvgIpc) is 2.99. The summed E-state index contributed by atoms with van der Waals surface area (Å²) in [6, 6.07) is 13.5. The molecule has 26 heavy (non-hydrogen) atoms. The van der Waals surface area contributed by atoms with E-state index in [0.717, 1.165) is 48.1 Å². The summed E-state index contributed by atoms with van der Waals surface area (Å²) in [6.07, 6.45) is 5.48. The summed E-state index contributed by atoms with van der Waals surface area (Å²) in [7, 11) is 1.62. The lowest BCUT2D eigenvalue weighted by Gasteiger charge is -2.24. The molecule has 0 aromatic heterocycles. The Morgan fingerprint density at radius 1 is 1.12 bits per heavy atom. The largest absolute Gasteiger partial charge is 0.493 e. The fourth-order valence-electron chi connectivity index (χ4n) is 3.49. The number of allylic oxidation sites excluding steroid dienone is 1. The monoisotopic (exact) mass is 350 g/mol. The van der Waals surface area contributed by atoms with Crippen LogP contribution in [0.2, 0.25) is 0 Å². The molecule has 0 N–H and O–H groups in total.